The van der Waals surface area contributed by atoms with E-state index in [0.29, 0.717) is 0 Å². The lowest BCUT2D eigenvalue weighted by molar-refractivity contribution is 0.427. The number of hydrogen-bond acceptors (Lipinski definition) is 3. The summed E-state index contributed by atoms with van der Waals surface area (Å²) in [6.07, 6.45) is 1.75. The fraction of sp³-hybridized carbons (Fsp3) is 0.333. The first-order valence-corrected chi connectivity index (χ1v) is 3.03. The zero-order valence-corrected chi connectivity index (χ0v) is 5.83. The van der Waals surface area contributed by atoms with Gasteiger partial charge in [0.1, 0.15) is 0 Å². The van der Waals surface area contributed by atoms with Crippen molar-refractivity contribution in [3.05, 3.63) is 11.9 Å². The molecular formula is C6H7N3O. The normalized spacial score (nSPS) is 11.0. The van der Waals surface area contributed by atoms with Crippen LogP contribution in [0.4, 0.5) is 0 Å². The van der Waals surface area contributed by atoms with Crippen LogP contribution in [0.3, 0.4) is 0 Å². The molecule has 0 amide bonds. The second kappa shape index (κ2) is 1.59. The summed E-state index contributed by atoms with van der Waals surface area (Å²) in [6.45, 7) is 1.90. The number of nitrogens with zero attached hydrogens (tertiary/aromatic N) is 3. The Kier molecular flexibility index (Phi) is 0.869. The van der Waals surface area contributed by atoms with Gasteiger partial charge in [0.25, 0.3) is 5.71 Å². The SMILES string of the molecule is Cc1noc2c1cnn2C. The molecule has 2 rings (SSSR count). The van der Waals surface area contributed by atoms with Gasteiger partial charge in [0.05, 0.1) is 17.3 Å². The molecular weight excluding hydrogens is 130 g/mol. The summed E-state index contributed by atoms with van der Waals surface area (Å²) >= 11 is 0. The third kappa shape index (κ3) is 0.504. The van der Waals surface area contributed by atoms with Crippen LogP contribution in [-0.4, -0.2) is 14.9 Å². The molecule has 0 bridgehead atoms. The molecule has 0 atom stereocenters. The largest absolute Gasteiger partial charge is 0.336 e. The van der Waals surface area contributed by atoms with Crippen molar-refractivity contribution < 1.29 is 4.52 Å². The van der Waals surface area contributed by atoms with Crippen molar-refractivity contribution in [3.63, 3.8) is 0 Å². The minimum atomic E-state index is 0.734. The number of fused-ring (bicyclic) bond motifs is 1. The van der Waals surface area contributed by atoms with Crippen LogP contribution in [0.2, 0.25) is 0 Å². The lowest BCUT2D eigenvalue weighted by Crippen LogP contribution is -1.86. The topological polar surface area (TPSA) is 43.9 Å². The van der Waals surface area contributed by atoms with E-state index in [1.54, 1.807) is 10.9 Å². The van der Waals surface area contributed by atoms with Crippen LogP contribution in [0.5, 0.6) is 0 Å². The van der Waals surface area contributed by atoms with E-state index in [-0.39, 0.29) is 0 Å². The average Bonchev–Trinajstić information content (AvgIpc) is 2.41. The van der Waals surface area contributed by atoms with Gasteiger partial charge in [0.15, 0.2) is 0 Å². The molecule has 2 aromatic heterocycles. The summed E-state index contributed by atoms with van der Waals surface area (Å²) in [5.74, 6) is 0. The van der Waals surface area contributed by atoms with Crippen molar-refractivity contribution in [2.24, 2.45) is 7.05 Å². The molecule has 0 radical (unpaired) electrons. The van der Waals surface area contributed by atoms with Crippen molar-refractivity contribution in [1.82, 2.24) is 14.9 Å². The first kappa shape index (κ1) is 5.46. The maximum atomic E-state index is 4.97. The highest BCUT2D eigenvalue weighted by molar-refractivity contribution is 5.74. The molecule has 0 aliphatic carbocycles. The first-order valence-electron chi connectivity index (χ1n) is 3.03. The summed E-state index contributed by atoms with van der Waals surface area (Å²) in [4.78, 5) is 0. The van der Waals surface area contributed by atoms with Crippen molar-refractivity contribution in [2.45, 2.75) is 6.92 Å². The highest BCUT2D eigenvalue weighted by Crippen LogP contribution is 2.14. The van der Waals surface area contributed by atoms with Crippen LogP contribution in [0.1, 0.15) is 5.69 Å². The predicted molar refractivity (Wildman–Crippen MR) is 35.5 cm³/mol. The Hall–Kier alpha value is -1.32. The summed E-state index contributed by atoms with van der Waals surface area (Å²) in [7, 11) is 1.83. The van der Waals surface area contributed by atoms with E-state index in [0.717, 1.165) is 16.8 Å². The Balaban J connectivity index is 2.95. The fourth-order valence-electron chi connectivity index (χ4n) is 0.944. The molecule has 10 heavy (non-hydrogen) atoms. The number of aromatic nitrogens is 3. The molecule has 52 valence electrons. The van der Waals surface area contributed by atoms with E-state index in [1.165, 1.54) is 0 Å². The minimum absolute atomic E-state index is 0.734. The third-order valence-corrected chi connectivity index (χ3v) is 1.54. The highest BCUT2D eigenvalue weighted by Gasteiger charge is 2.06. The van der Waals surface area contributed by atoms with Gasteiger partial charge in [-0.15, -0.1) is 0 Å². The second-order valence-electron chi connectivity index (χ2n) is 2.25. The minimum Gasteiger partial charge on any atom is -0.336 e. The van der Waals surface area contributed by atoms with Gasteiger partial charge in [0.2, 0.25) is 0 Å². The number of hydrogen-bond donors (Lipinski definition) is 0. The third-order valence-electron chi connectivity index (χ3n) is 1.54. The molecule has 0 unspecified atom stereocenters. The molecule has 2 aromatic rings. The summed E-state index contributed by atoms with van der Waals surface area (Å²) < 4.78 is 6.63. The number of aryl methyl sites for hydroxylation is 2. The molecule has 4 heteroatoms. The van der Waals surface area contributed by atoms with E-state index in [2.05, 4.69) is 10.3 Å². The molecule has 0 saturated carbocycles. The molecule has 0 spiro atoms. The van der Waals surface area contributed by atoms with Gasteiger partial charge in [-0.05, 0) is 6.92 Å². The fourth-order valence-corrected chi connectivity index (χ4v) is 0.944. The molecule has 4 nitrogen and oxygen atoms in total. The molecule has 0 saturated heterocycles. The Labute approximate surface area is 57.4 Å². The first-order chi connectivity index (χ1) is 4.79. The van der Waals surface area contributed by atoms with E-state index in [1.807, 2.05) is 14.0 Å². The Morgan fingerprint density at radius 1 is 1.60 bits per heavy atom. The van der Waals surface area contributed by atoms with Gasteiger partial charge >= 0.3 is 0 Å². The Morgan fingerprint density at radius 3 is 3.10 bits per heavy atom. The summed E-state index contributed by atoms with van der Waals surface area (Å²) in [6, 6.07) is 0. The second-order valence-corrected chi connectivity index (χ2v) is 2.25. The molecule has 0 aliphatic rings. The maximum absolute atomic E-state index is 4.97. The van der Waals surface area contributed by atoms with Crippen LogP contribution >= 0.6 is 0 Å². The van der Waals surface area contributed by atoms with Gasteiger partial charge in [-0.3, -0.25) is 0 Å². The van der Waals surface area contributed by atoms with Crippen molar-refractivity contribution in [1.29, 1.82) is 0 Å². The lowest BCUT2D eigenvalue weighted by atomic mass is 10.3. The van der Waals surface area contributed by atoms with Crippen molar-refractivity contribution in [3.8, 4) is 0 Å². The monoisotopic (exact) mass is 137 g/mol. The summed E-state index contributed by atoms with van der Waals surface area (Å²) in [5, 5.41) is 8.77. The summed E-state index contributed by atoms with van der Waals surface area (Å²) in [5.41, 5.74) is 1.63. The van der Waals surface area contributed by atoms with Crippen LogP contribution < -0.4 is 0 Å². The highest BCUT2D eigenvalue weighted by atomic mass is 16.5. The van der Waals surface area contributed by atoms with E-state index in [9.17, 15) is 0 Å². The van der Waals surface area contributed by atoms with Crippen molar-refractivity contribution >= 4 is 11.1 Å². The molecule has 2 heterocycles. The van der Waals surface area contributed by atoms with Crippen LogP contribution in [0.25, 0.3) is 11.1 Å². The molecule has 0 fully saturated rings. The Morgan fingerprint density at radius 2 is 2.40 bits per heavy atom. The van der Waals surface area contributed by atoms with Gasteiger partial charge in [-0.2, -0.15) is 5.10 Å². The van der Waals surface area contributed by atoms with Crippen LogP contribution in [-0.2, 0) is 7.05 Å². The van der Waals surface area contributed by atoms with E-state index < -0.39 is 0 Å². The zero-order valence-electron chi connectivity index (χ0n) is 5.83. The molecule has 0 N–H and O–H groups in total. The van der Waals surface area contributed by atoms with Gasteiger partial charge in [-0.1, -0.05) is 5.16 Å². The van der Waals surface area contributed by atoms with E-state index >= 15 is 0 Å². The predicted octanol–water partition coefficient (Wildman–Crippen LogP) is 0.870. The van der Waals surface area contributed by atoms with Gasteiger partial charge < -0.3 is 4.52 Å². The number of rotatable bonds is 0. The lowest BCUT2D eigenvalue weighted by Gasteiger charge is -1.81. The zero-order chi connectivity index (χ0) is 7.14. The van der Waals surface area contributed by atoms with E-state index in [4.69, 9.17) is 4.52 Å². The maximum Gasteiger partial charge on any atom is 0.256 e. The van der Waals surface area contributed by atoms with Gasteiger partial charge in [-0.25, -0.2) is 4.68 Å². The van der Waals surface area contributed by atoms with Crippen LogP contribution in [0.15, 0.2) is 10.7 Å². The molecule has 0 aliphatic heterocycles. The Bertz CT molecular complexity index is 324. The smallest absolute Gasteiger partial charge is 0.256 e. The van der Waals surface area contributed by atoms with Crippen LogP contribution in [0, 0.1) is 6.92 Å². The standard InChI is InChI=1S/C6H7N3O/c1-4-5-3-7-9(2)6(5)10-8-4/h3H,1-2H3. The molecule has 0 aromatic carbocycles. The quantitative estimate of drug-likeness (QED) is 0.541. The van der Waals surface area contributed by atoms with Crippen molar-refractivity contribution in [2.75, 3.05) is 0 Å². The van der Waals surface area contributed by atoms with Gasteiger partial charge in [0, 0.05) is 7.05 Å². The average molecular weight is 137 g/mol.